The smallest absolute Gasteiger partial charge is 0.272 e. The van der Waals surface area contributed by atoms with E-state index in [1.54, 1.807) is 29.6 Å². The maximum atomic E-state index is 12.2. The molecule has 0 fully saturated rings. The Morgan fingerprint density at radius 2 is 2.00 bits per heavy atom. The number of ether oxygens (including phenoxy) is 2. The van der Waals surface area contributed by atoms with Crippen molar-refractivity contribution in [3.63, 3.8) is 0 Å². The largest absolute Gasteiger partial charge is 0.454 e. The summed E-state index contributed by atoms with van der Waals surface area (Å²) in [7, 11) is -3.59. The third-order valence-electron chi connectivity index (χ3n) is 2.45. The van der Waals surface area contributed by atoms with E-state index in [-0.39, 0.29) is 11.0 Å². The van der Waals surface area contributed by atoms with Gasteiger partial charge in [0.25, 0.3) is 10.0 Å². The third kappa shape index (κ3) is 2.43. The van der Waals surface area contributed by atoms with Crippen molar-refractivity contribution in [3.8, 4) is 11.5 Å². The first kappa shape index (κ1) is 12.8. The zero-order valence-electron chi connectivity index (χ0n) is 9.42. The zero-order valence-corrected chi connectivity index (χ0v) is 12.6. The van der Waals surface area contributed by atoms with Gasteiger partial charge in [0, 0.05) is 10.5 Å². The van der Waals surface area contributed by atoms with Gasteiger partial charge < -0.3 is 9.47 Å². The molecule has 100 valence electrons. The van der Waals surface area contributed by atoms with Gasteiger partial charge in [-0.2, -0.15) is 0 Å². The van der Waals surface area contributed by atoms with Crippen LogP contribution in [0.3, 0.4) is 0 Å². The Morgan fingerprint density at radius 1 is 1.21 bits per heavy atom. The number of hydrogen-bond donors (Lipinski definition) is 1. The minimum Gasteiger partial charge on any atom is -0.454 e. The molecule has 1 aromatic carbocycles. The van der Waals surface area contributed by atoms with Gasteiger partial charge in [0.15, 0.2) is 15.7 Å². The lowest BCUT2D eigenvalue weighted by Crippen LogP contribution is -2.11. The highest BCUT2D eigenvalue weighted by Crippen LogP contribution is 2.35. The molecule has 0 atom stereocenters. The summed E-state index contributed by atoms with van der Waals surface area (Å²) in [5.41, 5.74) is 0.435. The summed E-state index contributed by atoms with van der Waals surface area (Å²) < 4.78 is 38.0. The summed E-state index contributed by atoms with van der Waals surface area (Å²) in [6.07, 6.45) is 0. The van der Waals surface area contributed by atoms with E-state index in [9.17, 15) is 8.42 Å². The maximum Gasteiger partial charge on any atom is 0.272 e. The van der Waals surface area contributed by atoms with Gasteiger partial charge >= 0.3 is 0 Å². The molecule has 0 aliphatic carbocycles. The fraction of sp³-hybridized carbons (Fsp3) is 0.0909. The van der Waals surface area contributed by atoms with Crippen LogP contribution in [-0.4, -0.2) is 15.2 Å². The van der Waals surface area contributed by atoms with Gasteiger partial charge in [0.05, 0.1) is 5.69 Å². The highest BCUT2D eigenvalue weighted by molar-refractivity contribution is 9.10. The van der Waals surface area contributed by atoms with Crippen LogP contribution in [0, 0.1) is 0 Å². The van der Waals surface area contributed by atoms with E-state index in [1.807, 2.05) is 0 Å². The van der Waals surface area contributed by atoms with Crippen LogP contribution in [0.5, 0.6) is 11.5 Å². The van der Waals surface area contributed by atoms with E-state index in [4.69, 9.17) is 9.47 Å². The lowest BCUT2D eigenvalue weighted by Gasteiger charge is -2.07. The van der Waals surface area contributed by atoms with E-state index >= 15 is 0 Å². The second-order valence-corrected chi connectivity index (χ2v) is 7.38. The first-order chi connectivity index (χ1) is 9.06. The summed E-state index contributed by atoms with van der Waals surface area (Å²) in [6, 6.07) is 6.59. The quantitative estimate of drug-likeness (QED) is 0.912. The molecule has 5 nitrogen and oxygen atoms in total. The molecule has 3 rings (SSSR count). The maximum absolute atomic E-state index is 12.2. The molecule has 1 N–H and O–H groups in total. The molecule has 0 spiro atoms. The Morgan fingerprint density at radius 3 is 2.74 bits per heavy atom. The molecule has 0 radical (unpaired) electrons. The van der Waals surface area contributed by atoms with Gasteiger partial charge in [-0.15, -0.1) is 11.3 Å². The first-order valence-electron chi connectivity index (χ1n) is 5.22. The van der Waals surface area contributed by atoms with Crippen LogP contribution in [-0.2, 0) is 10.0 Å². The van der Waals surface area contributed by atoms with E-state index in [1.165, 1.54) is 0 Å². The molecular formula is C11H8BrNO4S2. The van der Waals surface area contributed by atoms with Gasteiger partial charge in [-0.3, -0.25) is 4.72 Å². The number of hydrogen-bond acceptors (Lipinski definition) is 5. The molecule has 1 aromatic heterocycles. The van der Waals surface area contributed by atoms with Crippen LogP contribution in [0.4, 0.5) is 5.69 Å². The number of thiophene rings is 1. The van der Waals surface area contributed by atoms with Crippen molar-refractivity contribution in [2.24, 2.45) is 0 Å². The van der Waals surface area contributed by atoms with E-state index < -0.39 is 10.0 Å². The van der Waals surface area contributed by atoms with Crippen LogP contribution in [0.2, 0.25) is 0 Å². The SMILES string of the molecule is O=S(=O)(Nc1ccc2c(c1)OCO2)c1sccc1Br. The fourth-order valence-corrected chi connectivity index (χ4v) is 5.02. The minimum absolute atomic E-state index is 0.155. The van der Waals surface area contributed by atoms with Crippen LogP contribution >= 0.6 is 27.3 Å². The normalized spacial score (nSPS) is 13.5. The zero-order chi connectivity index (χ0) is 13.5. The van der Waals surface area contributed by atoms with Crippen molar-refractivity contribution in [2.45, 2.75) is 4.21 Å². The van der Waals surface area contributed by atoms with Gasteiger partial charge in [-0.1, -0.05) is 0 Å². The average Bonchev–Trinajstić information content (AvgIpc) is 2.96. The lowest BCUT2D eigenvalue weighted by atomic mass is 10.3. The first-order valence-corrected chi connectivity index (χ1v) is 8.37. The Hall–Kier alpha value is -1.25. The topological polar surface area (TPSA) is 64.6 Å². The van der Waals surface area contributed by atoms with Crippen LogP contribution in [0.1, 0.15) is 0 Å². The number of sulfonamides is 1. The molecular weight excluding hydrogens is 354 g/mol. The third-order valence-corrected chi connectivity index (χ3v) is 6.50. The molecule has 19 heavy (non-hydrogen) atoms. The summed E-state index contributed by atoms with van der Waals surface area (Å²) in [6.45, 7) is 0.155. The fourth-order valence-electron chi connectivity index (χ4n) is 1.63. The molecule has 8 heteroatoms. The van der Waals surface area contributed by atoms with Crippen molar-refractivity contribution in [3.05, 3.63) is 34.1 Å². The molecule has 2 aromatic rings. The summed E-state index contributed by atoms with van der Waals surface area (Å²) in [4.78, 5) is 0. The predicted molar refractivity (Wildman–Crippen MR) is 75.4 cm³/mol. The number of anilines is 1. The summed E-state index contributed by atoms with van der Waals surface area (Å²) in [5.74, 6) is 1.14. The lowest BCUT2D eigenvalue weighted by molar-refractivity contribution is 0.174. The van der Waals surface area contributed by atoms with Gasteiger partial charge in [0.2, 0.25) is 6.79 Å². The number of benzene rings is 1. The molecule has 1 aliphatic heterocycles. The highest BCUT2D eigenvalue weighted by atomic mass is 79.9. The van der Waals surface area contributed by atoms with Crippen molar-refractivity contribution in [2.75, 3.05) is 11.5 Å². The monoisotopic (exact) mass is 361 g/mol. The van der Waals surface area contributed by atoms with Gasteiger partial charge in [0.1, 0.15) is 0 Å². The van der Waals surface area contributed by atoms with Crippen molar-refractivity contribution < 1.29 is 17.9 Å². The standard InChI is InChI=1S/C11H8BrNO4S2/c12-8-3-4-18-11(8)19(14,15)13-7-1-2-9-10(5-7)17-6-16-9/h1-5,13H,6H2. The molecule has 0 unspecified atom stereocenters. The Balaban J connectivity index is 1.91. The molecule has 0 saturated carbocycles. The Kier molecular flexibility index (Phi) is 3.15. The molecule has 0 amide bonds. The molecule has 1 aliphatic rings. The Bertz CT molecular complexity index is 726. The molecule has 0 bridgehead atoms. The Labute approximate surface area is 122 Å². The number of rotatable bonds is 3. The van der Waals surface area contributed by atoms with Crippen LogP contribution in [0.15, 0.2) is 38.3 Å². The van der Waals surface area contributed by atoms with E-state index in [2.05, 4.69) is 20.7 Å². The van der Waals surface area contributed by atoms with Crippen LogP contribution in [0.25, 0.3) is 0 Å². The highest BCUT2D eigenvalue weighted by Gasteiger charge is 2.21. The number of halogens is 1. The van der Waals surface area contributed by atoms with Crippen molar-refractivity contribution in [1.29, 1.82) is 0 Å². The van der Waals surface area contributed by atoms with Crippen LogP contribution < -0.4 is 14.2 Å². The van der Waals surface area contributed by atoms with Crippen molar-refractivity contribution >= 4 is 43.0 Å². The molecule has 2 heterocycles. The van der Waals surface area contributed by atoms with E-state index in [0.29, 0.717) is 21.7 Å². The van der Waals surface area contributed by atoms with E-state index in [0.717, 1.165) is 11.3 Å². The number of fused-ring (bicyclic) bond motifs is 1. The minimum atomic E-state index is -3.59. The van der Waals surface area contributed by atoms with Gasteiger partial charge in [-0.25, -0.2) is 8.42 Å². The average molecular weight is 362 g/mol. The second-order valence-electron chi connectivity index (χ2n) is 3.73. The predicted octanol–water partition coefficient (Wildman–Crippen LogP) is 3.04. The second kappa shape index (κ2) is 4.69. The number of nitrogens with one attached hydrogen (secondary N) is 1. The van der Waals surface area contributed by atoms with Gasteiger partial charge in [-0.05, 0) is 39.5 Å². The summed E-state index contributed by atoms with van der Waals surface area (Å²) in [5, 5.41) is 1.71. The molecule has 0 saturated heterocycles. The van der Waals surface area contributed by atoms with Crippen molar-refractivity contribution in [1.82, 2.24) is 0 Å². The summed E-state index contributed by atoms with van der Waals surface area (Å²) >= 11 is 4.36.